The lowest BCUT2D eigenvalue weighted by molar-refractivity contribution is 0.675. The summed E-state index contributed by atoms with van der Waals surface area (Å²) < 4.78 is 0. The summed E-state index contributed by atoms with van der Waals surface area (Å²) in [6, 6.07) is 12.2. The number of benzene rings is 1. The van der Waals surface area contributed by atoms with Gasteiger partial charge in [-0.1, -0.05) is 30.7 Å². The first-order chi connectivity index (χ1) is 10.2. The summed E-state index contributed by atoms with van der Waals surface area (Å²) in [7, 11) is 2.03. The number of rotatable bonds is 7. The summed E-state index contributed by atoms with van der Waals surface area (Å²) in [4.78, 5) is 6.47. The van der Waals surface area contributed by atoms with E-state index in [-0.39, 0.29) is 0 Å². The highest BCUT2D eigenvalue weighted by Crippen LogP contribution is 2.27. The van der Waals surface area contributed by atoms with Crippen LogP contribution in [0.15, 0.2) is 42.6 Å². The van der Waals surface area contributed by atoms with Gasteiger partial charge < -0.3 is 10.2 Å². The van der Waals surface area contributed by atoms with Crippen LogP contribution in [0.4, 0.5) is 5.69 Å². The Balaban J connectivity index is 2.02. The second-order valence-electron chi connectivity index (χ2n) is 5.14. The molecule has 3 nitrogen and oxygen atoms in total. The molecule has 21 heavy (non-hydrogen) atoms. The van der Waals surface area contributed by atoms with Gasteiger partial charge >= 0.3 is 0 Å². The molecule has 0 aliphatic carbocycles. The molecule has 0 aliphatic rings. The Morgan fingerprint density at radius 1 is 1.24 bits per heavy atom. The molecule has 0 radical (unpaired) electrons. The molecular weight excluding hydrogens is 282 g/mol. The molecule has 2 aromatic rings. The average Bonchev–Trinajstić information content (AvgIpc) is 2.48. The van der Waals surface area contributed by atoms with Gasteiger partial charge in [0.1, 0.15) is 0 Å². The molecule has 0 atom stereocenters. The molecule has 2 rings (SSSR count). The number of anilines is 1. The molecule has 1 aromatic heterocycles. The van der Waals surface area contributed by atoms with Crippen molar-refractivity contribution in [2.75, 3.05) is 18.5 Å². The summed E-state index contributed by atoms with van der Waals surface area (Å²) in [5, 5.41) is 4.17. The van der Waals surface area contributed by atoms with E-state index >= 15 is 0 Å². The Kier molecular flexibility index (Phi) is 6.03. The fourth-order valence-corrected chi connectivity index (χ4v) is 2.55. The normalized spacial score (nSPS) is 10.6. The topological polar surface area (TPSA) is 28.2 Å². The smallest absolute Gasteiger partial charge is 0.0642 e. The first-order valence-corrected chi connectivity index (χ1v) is 7.68. The summed E-state index contributed by atoms with van der Waals surface area (Å²) >= 11 is 6.41. The molecule has 4 heteroatoms. The quantitative estimate of drug-likeness (QED) is 0.787. The maximum atomic E-state index is 6.41. The molecule has 0 amide bonds. The predicted molar refractivity (Wildman–Crippen MR) is 89.8 cm³/mol. The van der Waals surface area contributed by atoms with Gasteiger partial charge in [0.25, 0.3) is 0 Å². The number of pyridine rings is 1. The maximum absolute atomic E-state index is 6.41. The van der Waals surface area contributed by atoms with Crippen molar-refractivity contribution < 1.29 is 0 Å². The van der Waals surface area contributed by atoms with E-state index in [1.54, 1.807) is 0 Å². The van der Waals surface area contributed by atoms with E-state index in [0.717, 1.165) is 42.5 Å². The number of halogens is 1. The monoisotopic (exact) mass is 303 g/mol. The minimum absolute atomic E-state index is 0.744. The number of hydrogen-bond acceptors (Lipinski definition) is 3. The summed E-state index contributed by atoms with van der Waals surface area (Å²) in [6.07, 6.45) is 2.95. The molecule has 0 spiro atoms. The first-order valence-electron chi connectivity index (χ1n) is 7.31. The van der Waals surface area contributed by atoms with Crippen LogP contribution in [0.3, 0.4) is 0 Å². The van der Waals surface area contributed by atoms with Gasteiger partial charge in [0, 0.05) is 19.8 Å². The zero-order valence-electron chi connectivity index (χ0n) is 12.6. The van der Waals surface area contributed by atoms with Gasteiger partial charge in [0.2, 0.25) is 0 Å². The van der Waals surface area contributed by atoms with Crippen LogP contribution in [-0.2, 0) is 13.1 Å². The molecule has 0 bridgehead atoms. The van der Waals surface area contributed by atoms with Crippen molar-refractivity contribution in [3.8, 4) is 0 Å². The highest BCUT2D eigenvalue weighted by molar-refractivity contribution is 6.33. The number of nitrogens with one attached hydrogen (secondary N) is 1. The Labute approximate surface area is 132 Å². The summed E-state index contributed by atoms with van der Waals surface area (Å²) in [6.45, 7) is 4.79. The van der Waals surface area contributed by atoms with Gasteiger partial charge in [-0.25, -0.2) is 0 Å². The Morgan fingerprint density at radius 3 is 2.76 bits per heavy atom. The molecule has 1 heterocycles. The van der Waals surface area contributed by atoms with Crippen LogP contribution < -0.4 is 10.2 Å². The average molecular weight is 304 g/mol. The van der Waals surface area contributed by atoms with E-state index in [9.17, 15) is 0 Å². The minimum Gasteiger partial charge on any atom is -0.367 e. The fraction of sp³-hybridized carbons (Fsp3) is 0.353. The Hall–Kier alpha value is -1.58. The van der Waals surface area contributed by atoms with Gasteiger partial charge in [0.05, 0.1) is 22.9 Å². The molecule has 112 valence electrons. The van der Waals surface area contributed by atoms with Crippen molar-refractivity contribution in [1.82, 2.24) is 10.3 Å². The van der Waals surface area contributed by atoms with Crippen LogP contribution in [0.1, 0.15) is 24.6 Å². The lowest BCUT2D eigenvalue weighted by Crippen LogP contribution is -2.18. The van der Waals surface area contributed by atoms with E-state index < -0.39 is 0 Å². The van der Waals surface area contributed by atoms with Crippen molar-refractivity contribution in [2.24, 2.45) is 0 Å². The van der Waals surface area contributed by atoms with Crippen LogP contribution >= 0.6 is 11.6 Å². The van der Waals surface area contributed by atoms with Crippen LogP contribution in [0, 0.1) is 0 Å². The van der Waals surface area contributed by atoms with Crippen LogP contribution in [0.25, 0.3) is 0 Å². The third-order valence-electron chi connectivity index (χ3n) is 3.30. The van der Waals surface area contributed by atoms with E-state index in [4.69, 9.17) is 11.6 Å². The van der Waals surface area contributed by atoms with Gasteiger partial charge in [-0.2, -0.15) is 0 Å². The zero-order valence-corrected chi connectivity index (χ0v) is 13.4. The molecule has 0 saturated heterocycles. The predicted octanol–water partition coefficient (Wildman–Crippen LogP) is 3.87. The number of aromatic nitrogens is 1. The Morgan fingerprint density at radius 2 is 2.10 bits per heavy atom. The van der Waals surface area contributed by atoms with Crippen LogP contribution in [0.5, 0.6) is 0 Å². The molecule has 0 unspecified atom stereocenters. The van der Waals surface area contributed by atoms with Crippen molar-refractivity contribution in [3.05, 3.63) is 58.9 Å². The van der Waals surface area contributed by atoms with Gasteiger partial charge in [-0.3, -0.25) is 4.98 Å². The second-order valence-corrected chi connectivity index (χ2v) is 5.55. The van der Waals surface area contributed by atoms with Gasteiger partial charge in [-0.15, -0.1) is 0 Å². The van der Waals surface area contributed by atoms with E-state index in [2.05, 4.69) is 34.3 Å². The largest absolute Gasteiger partial charge is 0.367 e. The number of nitrogens with zero attached hydrogens (tertiary/aromatic N) is 2. The lowest BCUT2D eigenvalue weighted by Gasteiger charge is -2.20. The molecule has 0 aliphatic heterocycles. The van der Waals surface area contributed by atoms with Gasteiger partial charge in [-0.05, 0) is 42.8 Å². The Bertz CT molecular complexity index is 557. The summed E-state index contributed by atoms with van der Waals surface area (Å²) in [5.74, 6) is 0. The summed E-state index contributed by atoms with van der Waals surface area (Å²) in [5.41, 5.74) is 3.27. The van der Waals surface area contributed by atoms with Crippen LogP contribution in [-0.4, -0.2) is 18.6 Å². The highest BCUT2D eigenvalue weighted by Gasteiger charge is 2.08. The van der Waals surface area contributed by atoms with E-state index in [0.29, 0.717) is 0 Å². The SMILES string of the molecule is CCCNCc1ccc(N(C)Cc2ccccn2)c(Cl)c1. The maximum Gasteiger partial charge on any atom is 0.0642 e. The van der Waals surface area contributed by atoms with Crippen molar-refractivity contribution in [1.29, 1.82) is 0 Å². The van der Waals surface area contributed by atoms with Crippen molar-refractivity contribution in [3.63, 3.8) is 0 Å². The molecule has 1 N–H and O–H groups in total. The highest BCUT2D eigenvalue weighted by atomic mass is 35.5. The molecule has 0 fully saturated rings. The molecule has 0 saturated carbocycles. The molecular formula is C17H22ClN3. The standard InChI is InChI=1S/C17H22ClN3/c1-3-9-19-12-14-7-8-17(16(18)11-14)21(2)13-15-6-4-5-10-20-15/h4-8,10-11,19H,3,9,12-13H2,1-2H3. The fourth-order valence-electron chi connectivity index (χ4n) is 2.20. The first kappa shape index (κ1) is 15.8. The lowest BCUT2D eigenvalue weighted by atomic mass is 10.2. The molecule has 1 aromatic carbocycles. The second kappa shape index (κ2) is 8.01. The third kappa shape index (κ3) is 4.73. The van der Waals surface area contributed by atoms with Crippen molar-refractivity contribution >= 4 is 17.3 Å². The zero-order chi connectivity index (χ0) is 15.1. The van der Waals surface area contributed by atoms with E-state index in [1.807, 2.05) is 37.5 Å². The minimum atomic E-state index is 0.744. The van der Waals surface area contributed by atoms with E-state index in [1.165, 1.54) is 5.56 Å². The van der Waals surface area contributed by atoms with Gasteiger partial charge in [0.15, 0.2) is 0 Å². The third-order valence-corrected chi connectivity index (χ3v) is 3.61. The van der Waals surface area contributed by atoms with Crippen LogP contribution in [0.2, 0.25) is 5.02 Å². The number of hydrogen-bond donors (Lipinski definition) is 1. The van der Waals surface area contributed by atoms with Crippen molar-refractivity contribution in [2.45, 2.75) is 26.4 Å².